The zero-order chi connectivity index (χ0) is 33.1. The fourth-order valence-corrected chi connectivity index (χ4v) is 7.66. The second kappa shape index (κ2) is 14.3. The minimum Gasteiger partial charge on any atom is -0.491 e. The lowest BCUT2D eigenvalue weighted by molar-refractivity contribution is 0.242. The molecule has 1 saturated carbocycles. The number of nitrogens with zero attached hydrogens (tertiary/aromatic N) is 1. The first-order chi connectivity index (χ1) is 22.0. The Kier molecular flexibility index (Phi) is 10.4. The fourth-order valence-electron chi connectivity index (χ4n) is 7.66. The topological polar surface area (TPSA) is 33.0 Å². The maximum Gasteiger partial charge on any atom is 0.119 e. The number of rotatable bonds is 8. The summed E-state index contributed by atoms with van der Waals surface area (Å²) in [7, 11) is 0. The molecule has 3 aliphatic carbocycles. The van der Waals surface area contributed by atoms with Crippen LogP contribution in [0.3, 0.4) is 0 Å². The summed E-state index contributed by atoms with van der Waals surface area (Å²) in [5.74, 6) is 2.74. The predicted molar refractivity (Wildman–Crippen MR) is 195 cm³/mol. The summed E-state index contributed by atoms with van der Waals surface area (Å²) < 4.78 is 5.86. The van der Waals surface area contributed by atoms with Gasteiger partial charge in [-0.2, -0.15) is 5.26 Å². The molecular weight excluding hydrogens is 558 g/mol. The van der Waals surface area contributed by atoms with E-state index in [2.05, 4.69) is 117 Å². The van der Waals surface area contributed by atoms with E-state index in [1.54, 1.807) is 16.7 Å². The van der Waals surface area contributed by atoms with Crippen molar-refractivity contribution in [1.82, 2.24) is 0 Å². The fraction of sp³-hybridized carbons (Fsp3) is 0.432. The SMILES string of the molecule is CC1=C(C2=CCCC(/C(C)=C3\CC3/C(C)=C(\C)c3ccc(OC(C)C)cc3)CC2)C(/C=C(\C)c2ccc(C#N)cc2)=C(C)C(C)C1. The molecule has 3 aliphatic rings. The summed E-state index contributed by atoms with van der Waals surface area (Å²) in [6, 6.07) is 18.9. The lowest BCUT2D eigenvalue weighted by Crippen LogP contribution is -2.12. The smallest absolute Gasteiger partial charge is 0.119 e. The van der Waals surface area contributed by atoms with Gasteiger partial charge >= 0.3 is 0 Å². The highest BCUT2D eigenvalue weighted by molar-refractivity contribution is 5.72. The Labute approximate surface area is 279 Å². The molecule has 0 spiro atoms. The molecule has 0 saturated heterocycles. The molecular formula is C44H53NO. The molecule has 5 rings (SSSR count). The lowest BCUT2D eigenvalue weighted by Gasteiger charge is -2.29. The van der Waals surface area contributed by atoms with E-state index >= 15 is 0 Å². The van der Waals surface area contributed by atoms with Crippen LogP contribution in [-0.2, 0) is 0 Å². The number of ether oxygens (including phenoxy) is 1. The van der Waals surface area contributed by atoms with E-state index in [0.717, 1.165) is 25.0 Å². The van der Waals surface area contributed by atoms with E-state index in [0.29, 0.717) is 23.3 Å². The van der Waals surface area contributed by atoms with Crippen LogP contribution in [0.4, 0.5) is 0 Å². The van der Waals surface area contributed by atoms with Crippen LogP contribution in [0.25, 0.3) is 11.1 Å². The summed E-state index contributed by atoms with van der Waals surface area (Å²) in [4.78, 5) is 0. The van der Waals surface area contributed by atoms with Gasteiger partial charge in [0.1, 0.15) is 5.75 Å². The van der Waals surface area contributed by atoms with Crippen molar-refractivity contribution in [3.63, 3.8) is 0 Å². The third-order valence-electron chi connectivity index (χ3n) is 10.9. The van der Waals surface area contributed by atoms with Crippen LogP contribution in [0.2, 0.25) is 0 Å². The molecule has 0 N–H and O–H groups in total. The first-order valence-corrected chi connectivity index (χ1v) is 17.4. The normalized spacial score (nSPS) is 23.9. The highest BCUT2D eigenvalue weighted by Crippen LogP contribution is 2.51. The number of hydrogen-bond donors (Lipinski definition) is 0. The van der Waals surface area contributed by atoms with Gasteiger partial charge in [0.25, 0.3) is 0 Å². The molecule has 2 aromatic carbocycles. The van der Waals surface area contributed by atoms with Gasteiger partial charge in [0, 0.05) is 5.92 Å². The Bertz CT molecular complexity index is 1690. The minimum atomic E-state index is 0.192. The monoisotopic (exact) mass is 611 g/mol. The summed E-state index contributed by atoms with van der Waals surface area (Å²) in [6.45, 7) is 20.5. The van der Waals surface area contributed by atoms with E-state index in [1.165, 1.54) is 69.4 Å². The first-order valence-electron chi connectivity index (χ1n) is 17.4. The van der Waals surface area contributed by atoms with Gasteiger partial charge in [-0.15, -0.1) is 0 Å². The van der Waals surface area contributed by atoms with Crippen LogP contribution >= 0.6 is 0 Å². The van der Waals surface area contributed by atoms with Crippen LogP contribution < -0.4 is 4.74 Å². The van der Waals surface area contributed by atoms with E-state index in [4.69, 9.17) is 4.74 Å². The van der Waals surface area contributed by atoms with Crippen LogP contribution in [0.15, 0.2) is 105 Å². The van der Waals surface area contributed by atoms with E-state index in [9.17, 15) is 5.26 Å². The highest BCUT2D eigenvalue weighted by atomic mass is 16.5. The number of allylic oxidation sites excluding steroid dienone is 12. The third kappa shape index (κ3) is 7.41. The zero-order valence-electron chi connectivity index (χ0n) is 29.7. The van der Waals surface area contributed by atoms with Crippen molar-refractivity contribution < 1.29 is 4.74 Å². The molecule has 1 fully saturated rings. The van der Waals surface area contributed by atoms with Crippen LogP contribution in [-0.4, -0.2) is 6.10 Å². The van der Waals surface area contributed by atoms with Gasteiger partial charge in [-0.3, -0.25) is 0 Å². The van der Waals surface area contributed by atoms with Gasteiger partial charge in [0.2, 0.25) is 0 Å². The molecule has 46 heavy (non-hydrogen) atoms. The van der Waals surface area contributed by atoms with E-state index in [1.807, 2.05) is 12.1 Å². The van der Waals surface area contributed by atoms with Gasteiger partial charge in [-0.25, -0.2) is 0 Å². The Hall–Kier alpha value is -3.83. The molecule has 240 valence electrons. The summed E-state index contributed by atoms with van der Waals surface area (Å²) >= 11 is 0. The summed E-state index contributed by atoms with van der Waals surface area (Å²) in [6.07, 6.45) is 12.3. The largest absolute Gasteiger partial charge is 0.491 e. The van der Waals surface area contributed by atoms with Gasteiger partial charge in [-0.1, -0.05) is 71.2 Å². The van der Waals surface area contributed by atoms with Crippen molar-refractivity contribution in [2.45, 2.75) is 107 Å². The second-order valence-electron chi connectivity index (χ2n) is 14.4. The molecule has 2 aromatic rings. The quantitative estimate of drug-likeness (QED) is 0.278. The Morgan fingerprint density at radius 1 is 0.913 bits per heavy atom. The molecule has 0 aromatic heterocycles. The Balaban J connectivity index is 1.32. The number of benzene rings is 2. The summed E-state index contributed by atoms with van der Waals surface area (Å²) in [5, 5.41) is 9.25. The van der Waals surface area contributed by atoms with Crippen molar-refractivity contribution in [3.05, 3.63) is 122 Å². The Morgan fingerprint density at radius 3 is 2.24 bits per heavy atom. The summed E-state index contributed by atoms with van der Waals surface area (Å²) in [5.41, 5.74) is 18.2. The molecule has 0 radical (unpaired) electrons. The molecule has 0 bridgehead atoms. The molecule has 3 unspecified atom stereocenters. The average Bonchev–Trinajstić information content (AvgIpc) is 3.87. The van der Waals surface area contributed by atoms with Gasteiger partial charge < -0.3 is 4.74 Å². The van der Waals surface area contributed by atoms with Gasteiger partial charge in [0.15, 0.2) is 0 Å². The standard InChI is InChI=1S/C44H53NO/c1-27(2)46-40-21-19-38(20-22-40)32(7)33(8)41-25-42(41)34(9)37-11-10-12-39(18-17-37)44-30(5)23-28(3)31(6)43(44)24-29(4)36-15-13-35(26-45)14-16-36/h12-16,19-22,24,27-28,37,41H,10-11,17-18,23,25H2,1-9H3/b29-24+,33-32+,42-34+. The zero-order valence-corrected chi connectivity index (χ0v) is 29.7. The molecule has 2 nitrogen and oxygen atoms in total. The maximum absolute atomic E-state index is 9.25. The van der Waals surface area contributed by atoms with Crippen molar-refractivity contribution >= 4 is 11.1 Å². The van der Waals surface area contributed by atoms with E-state index < -0.39 is 0 Å². The van der Waals surface area contributed by atoms with Crippen molar-refractivity contribution in [2.75, 3.05) is 0 Å². The molecule has 0 aliphatic heterocycles. The third-order valence-corrected chi connectivity index (χ3v) is 10.9. The van der Waals surface area contributed by atoms with E-state index in [-0.39, 0.29) is 6.10 Å². The predicted octanol–water partition coefficient (Wildman–Crippen LogP) is 12.4. The van der Waals surface area contributed by atoms with Gasteiger partial charge in [-0.05, 0) is 169 Å². The average molecular weight is 612 g/mol. The maximum atomic E-state index is 9.25. The van der Waals surface area contributed by atoms with Gasteiger partial charge in [0.05, 0.1) is 17.7 Å². The van der Waals surface area contributed by atoms with Crippen molar-refractivity contribution in [2.24, 2.45) is 17.8 Å². The molecule has 2 heteroatoms. The first kappa shape index (κ1) is 33.5. The number of hydrogen-bond acceptors (Lipinski definition) is 2. The molecule has 3 atom stereocenters. The minimum absolute atomic E-state index is 0.192. The van der Waals surface area contributed by atoms with Crippen LogP contribution in [0.1, 0.15) is 118 Å². The van der Waals surface area contributed by atoms with Crippen molar-refractivity contribution in [3.8, 4) is 11.8 Å². The lowest BCUT2D eigenvalue weighted by atomic mass is 9.76. The second-order valence-corrected chi connectivity index (χ2v) is 14.4. The number of nitriles is 1. The van der Waals surface area contributed by atoms with Crippen LogP contribution in [0.5, 0.6) is 5.75 Å². The van der Waals surface area contributed by atoms with Crippen LogP contribution in [0, 0.1) is 29.1 Å². The van der Waals surface area contributed by atoms with Crippen molar-refractivity contribution in [1.29, 1.82) is 5.26 Å². The Morgan fingerprint density at radius 2 is 1.59 bits per heavy atom. The molecule has 0 heterocycles. The highest BCUT2D eigenvalue weighted by Gasteiger charge is 2.36. The molecule has 0 amide bonds.